The summed E-state index contributed by atoms with van der Waals surface area (Å²) in [7, 11) is 0. The van der Waals surface area contributed by atoms with E-state index in [1.807, 2.05) is 42.5 Å². The lowest BCUT2D eigenvalue weighted by Crippen LogP contribution is -2.16. The van der Waals surface area contributed by atoms with Gasteiger partial charge in [0.15, 0.2) is 10.8 Å². The smallest absolute Gasteiger partial charge is 0.300 e. The maximum Gasteiger partial charge on any atom is 0.300 e. The van der Waals surface area contributed by atoms with E-state index in [-0.39, 0.29) is 10.7 Å². The highest BCUT2D eigenvalue weighted by atomic mass is 32.1. The quantitative estimate of drug-likeness (QED) is 0.379. The first-order valence-electron chi connectivity index (χ1n) is 8.63. The number of nitrogens with two attached hydrogens (primary N) is 2. The van der Waals surface area contributed by atoms with Gasteiger partial charge in [-0.15, -0.1) is 0 Å². The second kappa shape index (κ2) is 8.99. The maximum absolute atomic E-state index is 12.0. The predicted octanol–water partition coefficient (Wildman–Crippen LogP) is 2.82. The summed E-state index contributed by atoms with van der Waals surface area (Å²) in [5.41, 5.74) is 11.6. The Hall–Kier alpha value is -3.41. The number of fused-ring (bicyclic) bond motifs is 1. The van der Waals surface area contributed by atoms with Gasteiger partial charge < -0.3 is 22.1 Å². The summed E-state index contributed by atoms with van der Waals surface area (Å²) < 4.78 is 0. The summed E-state index contributed by atoms with van der Waals surface area (Å²) in [6.45, 7) is 0.515. The van der Waals surface area contributed by atoms with E-state index in [0.717, 1.165) is 27.8 Å². The van der Waals surface area contributed by atoms with E-state index in [0.29, 0.717) is 24.5 Å². The van der Waals surface area contributed by atoms with Gasteiger partial charge in [0, 0.05) is 12.1 Å². The van der Waals surface area contributed by atoms with Crippen molar-refractivity contribution >= 4 is 49.7 Å². The lowest BCUT2D eigenvalue weighted by Gasteiger charge is -2.04. The van der Waals surface area contributed by atoms with Gasteiger partial charge in [0.1, 0.15) is 5.00 Å². The number of hydrogen-bond acceptors (Lipinski definition) is 6. The summed E-state index contributed by atoms with van der Waals surface area (Å²) in [6, 6.07) is 13.8. The molecule has 2 aromatic carbocycles. The third-order valence-electron chi connectivity index (χ3n) is 3.80. The van der Waals surface area contributed by atoms with Crippen molar-refractivity contribution in [2.75, 3.05) is 17.2 Å². The molecule has 0 saturated heterocycles. The molecular formula is C20H19N5O2S. The normalized spacial score (nSPS) is 10.2. The number of hydrogen-bond donors (Lipinski definition) is 4. The van der Waals surface area contributed by atoms with E-state index in [4.69, 9.17) is 11.5 Å². The molecular weight excluding hydrogens is 374 g/mol. The Morgan fingerprint density at radius 1 is 1.14 bits per heavy atom. The number of benzene rings is 2. The monoisotopic (exact) mass is 393 g/mol. The summed E-state index contributed by atoms with van der Waals surface area (Å²) in [5, 5.41) is 8.60. The highest BCUT2D eigenvalue weighted by Gasteiger charge is 2.17. The van der Waals surface area contributed by atoms with E-state index in [1.165, 1.54) is 0 Å². The standard InChI is InChI=1S/C20H19N5O2S/c21-11-5-1-2-8-16(26)24-19-17(18(22)27)25-20(28-19)23-15-10-9-13-6-3-4-7-14(13)12-15/h3-4,6-7,9-10,12H,1,5,11,21H2,(H2,22,27)(H,23,25)(H,24,26). The van der Waals surface area contributed by atoms with Gasteiger partial charge in [0.2, 0.25) is 0 Å². The molecule has 0 bridgehead atoms. The Balaban J connectivity index is 1.78. The van der Waals surface area contributed by atoms with Crippen molar-refractivity contribution in [1.29, 1.82) is 0 Å². The number of primary amides is 1. The Morgan fingerprint density at radius 2 is 1.93 bits per heavy atom. The zero-order valence-corrected chi connectivity index (χ0v) is 15.8. The lowest BCUT2D eigenvalue weighted by molar-refractivity contribution is -0.111. The molecule has 0 saturated carbocycles. The average molecular weight is 393 g/mol. The third kappa shape index (κ3) is 4.85. The van der Waals surface area contributed by atoms with Crippen LogP contribution >= 0.6 is 11.3 Å². The van der Waals surface area contributed by atoms with Gasteiger partial charge >= 0.3 is 5.91 Å². The Labute approximate surface area is 166 Å². The Kier molecular flexibility index (Phi) is 6.22. The fraction of sp³-hybridized carbons (Fsp3) is 0.150. The molecule has 0 atom stereocenters. The van der Waals surface area contributed by atoms with Crippen LogP contribution in [0.5, 0.6) is 0 Å². The third-order valence-corrected chi connectivity index (χ3v) is 4.68. The lowest BCUT2D eigenvalue weighted by atomic mass is 10.1. The van der Waals surface area contributed by atoms with Gasteiger partial charge in [-0.05, 0) is 41.8 Å². The number of aromatic nitrogens is 1. The molecule has 2 amide bonds. The van der Waals surface area contributed by atoms with Gasteiger partial charge in [-0.2, -0.15) is 0 Å². The van der Waals surface area contributed by atoms with Crippen LogP contribution in [0.4, 0.5) is 15.8 Å². The number of rotatable bonds is 6. The predicted molar refractivity (Wildman–Crippen MR) is 113 cm³/mol. The van der Waals surface area contributed by atoms with Crippen LogP contribution in [-0.4, -0.2) is 23.3 Å². The number of thiazole rings is 1. The van der Waals surface area contributed by atoms with Crippen molar-refractivity contribution < 1.29 is 9.59 Å². The van der Waals surface area contributed by atoms with E-state index >= 15 is 0 Å². The number of carbonyl (C=O) groups is 2. The van der Waals surface area contributed by atoms with Crippen molar-refractivity contribution in [1.82, 2.24) is 4.98 Å². The second-order valence-corrected chi connectivity index (χ2v) is 6.90. The molecule has 1 heterocycles. The zero-order chi connectivity index (χ0) is 19.9. The molecule has 3 rings (SSSR count). The van der Waals surface area contributed by atoms with Crippen LogP contribution in [0, 0.1) is 11.8 Å². The van der Waals surface area contributed by atoms with Crippen LogP contribution < -0.4 is 22.1 Å². The fourth-order valence-electron chi connectivity index (χ4n) is 2.48. The number of anilines is 3. The molecule has 6 N–H and O–H groups in total. The molecule has 28 heavy (non-hydrogen) atoms. The van der Waals surface area contributed by atoms with E-state index < -0.39 is 11.8 Å². The van der Waals surface area contributed by atoms with Gasteiger partial charge in [-0.1, -0.05) is 47.6 Å². The first-order chi connectivity index (χ1) is 13.6. The summed E-state index contributed by atoms with van der Waals surface area (Å²) in [4.78, 5) is 27.8. The molecule has 0 aliphatic rings. The van der Waals surface area contributed by atoms with Crippen molar-refractivity contribution in [2.45, 2.75) is 12.8 Å². The van der Waals surface area contributed by atoms with Gasteiger partial charge in [-0.3, -0.25) is 9.59 Å². The van der Waals surface area contributed by atoms with Crippen molar-refractivity contribution in [3.8, 4) is 11.8 Å². The zero-order valence-electron chi connectivity index (χ0n) is 15.0. The molecule has 0 radical (unpaired) electrons. The van der Waals surface area contributed by atoms with E-state index in [2.05, 4.69) is 27.5 Å². The van der Waals surface area contributed by atoms with Crippen molar-refractivity contribution in [3.63, 3.8) is 0 Å². The molecule has 1 aromatic heterocycles. The molecule has 8 heteroatoms. The average Bonchev–Trinajstić information content (AvgIpc) is 3.07. The van der Waals surface area contributed by atoms with Crippen LogP contribution in [0.1, 0.15) is 23.3 Å². The first kappa shape index (κ1) is 19.4. The molecule has 7 nitrogen and oxygen atoms in total. The first-order valence-corrected chi connectivity index (χ1v) is 9.45. The highest BCUT2D eigenvalue weighted by Crippen LogP contribution is 2.31. The number of amides is 2. The summed E-state index contributed by atoms with van der Waals surface area (Å²) in [5.74, 6) is 3.94. The molecule has 0 fully saturated rings. The molecule has 0 aliphatic heterocycles. The summed E-state index contributed by atoms with van der Waals surface area (Å²) in [6.07, 6.45) is 1.25. The minimum atomic E-state index is -0.728. The van der Waals surface area contributed by atoms with Crippen LogP contribution in [-0.2, 0) is 4.79 Å². The van der Waals surface area contributed by atoms with Crippen LogP contribution in [0.2, 0.25) is 0 Å². The Bertz CT molecular complexity index is 1080. The van der Waals surface area contributed by atoms with Crippen molar-refractivity contribution in [3.05, 3.63) is 48.2 Å². The molecule has 142 valence electrons. The SMILES string of the molecule is NCCCC#CC(=O)Nc1sc(Nc2ccc3ccccc3c2)nc1C(N)=O. The number of carbonyl (C=O) groups excluding carboxylic acids is 2. The highest BCUT2D eigenvalue weighted by molar-refractivity contribution is 7.20. The number of nitrogens with one attached hydrogen (secondary N) is 2. The molecule has 3 aromatic rings. The second-order valence-electron chi connectivity index (χ2n) is 5.90. The minimum absolute atomic E-state index is 0.00889. The topological polar surface area (TPSA) is 123 Å². The van der Waals surface area contributed by atoms with Gasteiger partial charge in [-0.25, -0.2) is 4.98 Å². The fourth-order valence-corrected chi connectivity index (χ4v) is 3.37. The van der Waals surface area contributed by atoms with Crippen molar-refractivity contribution in [2.24, 2.45) is 11.5 Å². The molecule has 0 aliphatic carbocycles. The van der Waals surface area contributed by atoms with E-state index in [9.17, 15) is 9.59 Å². The number of nitrogens with zero attached hydrogens (tertiary/aromatic N) is 1. The molecule has 0 spiro atoms. The van der Waals surface area contributed by atoms with Gasteiger partial charge in [0.25, 0.3) is 5.91 Å². The van der Waals surface area contributed by atoms with E-state index in [1.54, 1.807) is 0 Å². The minimum Gasteiger partial charge on any atom is -0.364 e. The van der Waals surface area contributed by atoms with Crippen LogP contribution in [0.15, 0.2) is 42.5 Å². The van der Waals surface area contributed by atoms with Crippen LogP contribution in [0.3, 0.4) is 0 Å². The largest absolute Gasteiger partial charge is 0.364 e. The number of unbranched alkanes of at least 4 members (excludes halogenated alkanes) is 1. The Morgan fingerprint density at radius 3 is 2.68 bits per heavy atom. The maximum atomic E-state index is 12.0. The van der Waals surface area contributed by atoms with Crippen LogP contribution in [0.25, 0.3) is 10.8 Å². The molecule has 0 unspecified atom stereocenters. The summed E-state index contributed by atoms with van der Waals surface area (Å²) >= 11 is 1.12. The van der Waals surface area contributed by atoms with Gasteiger partial charge in [0.05, 0.1) is 0 Å².